The first-order valence-electron chi connectivity index (χ1n) is 14.3. The Hall–Kier alpha value is -4.47. The summed E-state index contributed by atoms with van der Waals surface area (Å²) in [5.74, 6) is -1.39. The number of allylic oxidation sites excluding steroid dienone is 1. The average Bonchev–Trinajstić information content (AvgIpc) is 3.38. The lowest BCUT2D eigenvalue weighted by atomic mass is 9.85. The number of nitrogens with one attached hydrogen (secondary N) is 1. The van der Waals surface area contributed by atoms with Gasteiger partial charge in [-0.25, -0.2) is 19.6 Å². The number of hydrogen-bond acceptors (Lipinski definition) is 7. The van der Waals surface area contributed by atoms with Gasteiger partial charge in [-0.05, 0) is 48.4 Å². The molecule has 1 saturated heterocycles. The highest BCUT2D eigenvalue weighted by Crippen LogP contribution is 2.33. The number of alkyl carbamates (subject to hydrolysis) is 1. The first kappa shape index (κ1) is 29.0. The van der Waals surface area contributed by atoms with E-state index in [4.69, 9.17) is 19.4 Å². The van der Waals surface area contributed by atoms with Crippen LogP contribution in [0.1, 0.15) is 52.0 Å². The molecule has 3 atom stereocenters. The molecule has 42 heavy (non-hydrogen) atoms. The minimum atomic E-state index is -1.15. The van der Waals surface area contributed by atoms with Gasteiger partial charge in [0.05, 0.1) is 24.2 Å². The molecule has 2 amide bonds. The fourth-order valence-corrected chi connectivity index (χ4v) is 5.28. The van der Waals surface area contributed by atoms with Gasteiger partial charge in [0.2, 0.25) is 11.8 Å². The summed E-state index contributed by atoms with van der Waals surface area (Å²) < 4.78 is 11.7. The van der Waals surface area contributed by atoms with E-state index in [0.717, 1.165) is 24.0 Å². The van der Waals surface area contributed by atoms with Crippen molar-refractivity contribution in [3.63, 3.8) is 0 Å². The van der Waals surface area contributed by atoms with E-state index in [1.165, 1.54) is 4.90 Å². The number of carboxylic acid groups (broad SMARTS) is 1. The van der Waals surface area contributed by atoms with E-state index in [1.807, 2.05) is 75.4 Å². The molecule has 0 radical (unpaired) electrons. The summed E-state index contributed by atoms with van der Waals surface area (Å²) in [7, 11) is 0. The van der Waals surface area contributed by atoms with Crippen molar-refractivity contribution in [2.24, 2.45) is 5.41 Å². The van der Waals surface area contributed by atoms with Crippen molar-refractivity contribution >= 4 is 35.1 Å². The zero-order chi connectivity index (χ0) is 29.9. The minimum Gasteiger partial charge on any atom is -0.480 e. The standard InChI is InChI=1S/C32H36N4O6/c1-32(2,3)27-29(37)36-19-22(18-25(36)30(38)39)42-28-26(33-23-14-7-8-15-24(23)34-28)21-13-10-12-20(17-21)11-6-4-5-9-16-41-31(40)35-27/h6-8,10-15,17,22,25,27H,4-5,9,16,18-19H2,1-3H3,(H,35,40)(H,38,39)/b11-6+/t22-,25+,27-/m1/s1. The Labute approximate surface area is 244 Å². The zero-order valence-electron chi connectivity index (χ0n) is 24.1. The second-order valence-electron chi connectivity index (χ2n) is 11.8. The van der Waals surface area contributed by atoms with E-state index >= 15 is 0 Å². The molecule has 3 aromatic rings. The molecule has 2 aliphatic heterocycles. The van der Waals surface area contributed by atoms with Gasteiger partial charge in [0, 0.05) is 12.0 Å². The third kappa shape index (κ3) is 6.53. The second-order valence-corrected chi connectivity index (χ2v) is 11.8. The SMILES string of the molecule is CC(C)(C)[C@@H]1NC(=O)OCCCC/C=C/c2cccc(c2)-c2nc3ccccc3nc2O[C@@H]2C[C@@H](C(=O)O)N(C2)C1=O. The van der Waals surface area contributed by atoms with E-state index in [-0.39, 0.29) is 25.5 Å². The van der Waals surface area contributed by atoms with Crippen molar-refractivity contribution in [2.45, 2.75) is 64.6 Å². The van der Waals surface area contributed by atoms with E-state index in [2.05, 4.69) is 11.4 Å². The molecule has 1 fully saturated rings. The number of carbonyl (C=O) groups is 3. The molecule has 10 nitrogen and oxygen atoms in total. The highest BCUT2D eigenvalue weighted by atomic mass is 16.5. The highest BCUT2D eigenvalue weighted by molar-refractivity contribution is 5.90. The summed E-state index contributed by atoms with van der Waals surface area (Å²) in [4.78, 5) is 49.7. The van der Waals surface area contributed by atoms with Gasteiger partial charge in [0.1, 0.15) is 23.9 Å². The van der Waals surface area contributed by atoms with E-state index in [9.17, 15) is 19.5 Å². The van der Waals surface area contributed by atoms with Crippen LogP contribution in [0.4, 0.5) is 4.79 Å². The number of amides is 2. The Kier molecular flexibility index (Phi) is 8.42. The molecule has 0 spiro atoms. The number of nitrogens with zero attached hydrogens (tertiary/aromatic N) is 3. The van der Waals surface area contributed by atoms with Crippen molar-refractivity contribution in [2.75, 3.05) is 13.2 Å². The largest absolute Gasteiger partial charge is 0.480 e. The van der Waals surface area contributed by atoms with Gasteiger partial charge in [-0.3, -0.25) is 4.79 Å². The van der Waals surface area contributed by atoms with E-state index in [1.54, 1.807) is 0 Å². The predicted octanol–water partition coefficient (Wildman–Crippen LogP) is 5.07. The summed E-state index contributed by atoms with van der Waals surface area (Å²) in [5.41, 5.74) is 2.96. The highest BCUT2D eigenvalue weighted by Gasteiger charge is 2.46. The Balaban J connectivity index is 1.56. The zero-order valence-corrected chi connectivity index (χ0v) is 24.1. The summed E-state index contributed by atoms with van der Waals surface area (Å²) in [6.45, 7) is 5.65. The smallest absolute Gasteiger partial charge is 0.407 e. The molecule has 0 aliphatic carbocycles. The molecule has 2 aromatic carbocycles. The number of cyclic esters (lactones) is 1. The summed E-state index contributed by atoms with van der Waals surface area (Å²) >= 11 is 0. The van der Waals surface area contributed by atoms with Gasteiger partial charge in [-0.2, -0.15) is 0 Å². The lowest BCUT2D eigenvalue weighted by Crippen LogP contribution is -2.57. The van der Waals surface area contributed by atoms with Crippen molar-refractivity contribution in [3.8, 4) is 17.1 Å². The quantitative estimate of drug-likeness (QED) is 0.413. The Morgan fingerprint density at radius 3 is 2.55 bits per heavy atom. The van der Waals surface area contributed by atoms with Crippen LogP contribution in [0.3, 0.4) is 0 Å². The predicted molar refractivity (Wildman–Crippen MR) is 158 cm³/mol. The number of aromatic nitrogens is 2. The fraction of sp³-hybridized carbons (Fsp3) is 0.406. The van der Waals surface area contributed by atoms with E-state index in [0.29, 0.717) is 23.1 Å². The van der Waals surface area contributed by atoms with Crippen LogP contribution < -0.4 is 10.1 Å². The van der Waals surface area contributed by atoms with Crippen molar-refractivity contribution in [1.82, 2.24) is 20.2 Å². The van der Waals surface area contributed by atoms with Crippen LogP contribution in [0.2, 0.25) is 0 Å². The van der Waals surface area contributed by atoms with Gasteiger partial charge in [0.15, 0.2) is 0 Å². The molecule has 2 N–H and O–H groups in total. The minimum absolute atomic E-state index is 0.00975. The van der Waals surface area contributed by atoms with Gasteiger partial charge in [-0.1, -0.05) is 63.3 Å². The molecule has 1 aromatic heterocycles. The first-order valence-corrected chi connectivity index (χ1v) is 14.3. The average molecular weight is 573 g/mol. The maximum atomic E-state index is 13.8. The first-order chi connectivity index (χ1) is 20.1. The molecule has 220 valence electrons. The maximum absolute atomic E-state index is 13.8. The van der Waals surface area contributed by atoms with Crippen LogP contribution in [0.25, 0.3) is 28.4 Å². The van der Waals surface area contributed by atoms with Crippen LogP contribution in [0, 0.1) is 5.41 Å². The molecule has 4 bridgehead atoms. The number of benzene rings is 2. The van der Waals surface area contributed by atoms with Gasteiger partial charge in [-0.15, -0.1) is 0 Å². The van der Waals surface area contributed by atoms with Crippen molar-refractivity contribution < 1.29 is 29.0 Å². The van der Waals surface area contributed by atoms with Crippen LogP contribution >= 0.6 is 0 Å². The maximum Gasteiger partial charge on any atom is 0.407 e. The summed E-state index contributed by atoms with van der Waals surface area (Å²) in [6, 6.07) is 13.2. The van der Waals surface area contributed by atoms with E-state index < -0.39 is 41.6 Å². The molecular formula is C32H36N4O6. The van der Waals surface area contributed by atoms with Crippen LogP contribution in [-0.4, -0.2) is 69.3 Å². The third-order valence-electron chi connectivity index (χ3n) is 7.49. The van der Waals surface area contributed by atoms with Crippen LogP contribution in [0.15, 0.2) is 54.6 Å². The lowest BCUT2D eigenvalue weighted by molar-refractivity contribution is -0.150. The summed E-state index contributed by atoms with van der Waals surface area (Å²) in [5, 5.41) is 12.8. The van der Waals surface area contributed by atoms with Crippen LogP contribution in [0.5, 0.6) is 5.88 Å². The van der Waals surface area contributed by atoms with Crippen LogP contribution in [-0.2, 0) is 14.3 Å². The Bertz CT molecular complexity index is 1510. The third-order valence-corrected chi connectivity index (χ3v) is 7.49. The van der Waals surface area contributed by atoms with Gasteiger partial charge >= 0.3 is 12.1 Å². The molecule has 3 heterocycles. The number of para-hydroxylation sites is 2. The normalized spacial score (nSPS) is 22.8. The number of rotatable bonds is 1. The summed E-state index contributed by atoms with van der Waals surface area (Å²) in [6.07, 6.45) is 5.08. The number of fused-ring (bicyclic) bond motifs is 7. The van der Waals surface area contributed by atoms with Crippen molar-refractivity contribution in [3.05, 3.63) is 60.2 Å². The Morgan fingerprint density at radius 2 is 1.81 bits per heavy atom. The Morgan fingerprint density at radius 1 is 1.05 bits per heavy atom. The van der Waals surface area contributed by atoms with Crippen molar-refractivity contribution in [1.29, 1.82) is 0 Å². The molecule has 10 heteroatoms. The topological polar surface area (TPSA) is 131 Å². The number of hydrogen-bond donors (Lipinski definition) is 2. The molecular weight excluding hydrogens is 536 g/mol. The lowest BCUT2D eigenvalue weighted by Gasteiger charge is -2.34. The molecule has 2 aliphatic rings. The van der Waals surface area contributed by atoms with Gasteiger partial charge in [0.25, 0.3) is 0 Å². The second kappa shape index (κ2) is 12.2. The number of ether oxygens (including phenoxy) is 2. The fourth-order valence-electron chi connectivity index (χ4n) is 5.28. The number of aliphatic carboxylic acids is 1. The molecule has 0 unspecified atom stereocenters. The van der Waals surface area contributed by atoms with Gasteiger partial charge < -0.3 is 24.8 Å². The molecule has 0 saturated carbocycles. The number of carbonyl (C=O) groups excluding carboxylic acids is 2. The molecule has 5 rings (SSSR count). The number of carboxylic acids is 1. The monoisotopic (exact) mass is 572 g/mol.